The van der Waals surface area contributed by atoms with Crippen molar-refractivity contribution in [1.82, 2.24) is 9.88 Å². The lowest BCUT2D eigenvalue weighted by molar-refractivity contribution is 0.554. The highest BCUT2D eigenvalue weighted by Crippen LogP contribution is 2.20. The Morgan fingerprint density at radius 2 is 1.95 bits per heavy atom. The van der Waals surface area contributed by atoms with Crippen LogP contribution in [0.4, 0.5) is 0 Å². The summed E-state index contributed by atoms with van der Waals surface area (Å²) in [6.07, 6.45) is 1.94. The Balaban J connectivity index is 2.22. The second-order valence-corrected chi connectivity index (χ2v) is 8.12. The molecule has 0 amide bonds. The SMILES string of the molecule is CC(C)NCc1cc2ccccc2n1CCCS(C)(=O)=O. The molecule has 0 unspecified atom stereocenters. The van der Waals surface area contributed by atoms with Crippen LogP contribution in [-0.2, 0) is 22.9 Å². The van der Waals surface area contributed by atoms with Crippen molar-refractivity contribution in [2.45, 2.75) is 39.4 Å². The van der Waals surface area contributed by atoms with Crippen molar-refractivity contribution in [2.75, 3.05) is 12.0 Å². The van der Waals surface area contributed by atoms with Gasteiger partial charge in [0.2, 0.25) is 0 Å². The summed E-state index contributed by atoms with van der Waals surface area (Å²) < 4.78 is 24.8. The number of aryl methyl sites for hydroxylation is 1. The fourth-order valence-corrected chi connectivity index (χ4v) is 3.13. The molecule has 0 fully saturated rings. The third kappa shape index (κ3) is 4.58. The van der Waals surface area contributed by atoms with Crippen LogP contribution in [0.15, 0.2) is 30.3 Å². The first-order valence-electron chi connectivity index (χ1n) is 7.35. The van der Waals surface area contributed by atoms with E-state index in [4.69, 9.17) is 0 Å². The van der Waals surface area contributed by atoms with E-state index in [1.165, 1.54) is 22.9 Å². The molecule has 1 aromatic carbocycles. The van der Waals surface area contributed by atoms with E-state index in [1.807, 2.05) is 12.1 Å². The Hall–Kier alpha value is -1.33. The van der Waals surface area contributed by atoms with Gasteiger partial charge in [0.15, 0.2) is 0 Å². The van der Waals surface area contributed by atoms with Crippen molar-refractivity contribution in [3.63, 3.8) is 0 Å². The second-order valence-electron chi connectivity index (χ2n) is 5.87. The van der Waals surface area contributed by atoms with E-state index in [-0.39, 0.29) is 5.75 Å². The molecule has 0 aliphatic rings. The molecule has 21 heavy (non-hydrogen) atoms. The van der Waals surface area contributed by atoms with Gasteiger partial charge in [-0.05, 0) is 23.9 Å². The Morgan fingerprint density at radius 3 is 2.62 bits per heavy atom. The maximum Gasteiger partial charge on any atom is 0.147 e. The van der Waals surface area contributed by atoms with E-state index < -0.39 is 9.84 Å². The molecule has 0 saturated carbocycles. The van der Waals surface area contributed by atoms with E-state index in [2.05, 4.69) is 41.9 Å². The third-order valence-electron chi connectivity index (χ3n) is 3.48. The van der Waals surface area contributed by atoms with Gasteiger partial charge in [0.05, 0.1) is 5.75 Å². The number of sulfone groups is 1. The maximum absolute atomic E-state index is 11.3. The highest BCUT2D eigenvalue weighted by Gasteiger charge is 2.10. The van der Waals surface area contributed by atoms with Crippen molar-refractivity contribution in [3.05, 3.63) is 36.0 Å². The first kappa shape index (κ1) is 16.0. The van der Waals surface area contributed by atoms with E-state index in [1.54, 1.807) is 0 Å². The van der Waals surface area contributed by atoms with Gasteiger partial charge in [-0.1, -0.05) is 32.0 Å². The summed E-state index contributed by atoms with van der Waals surface area (Å²) in [6, 6.07) is 10.9. The number of nitrogens with zero attached hydrogens (tertiary/aromatic N) is 1. The molecular formula is C16H24N2O2S. The van der Waals surface area contributed by atoms with Crippen LogP contribution in [0, 0.1) is 0 Å². The standard InChI is InChI=1S/C16H24N2O2S/c1-13(2)17-12-15-11-14-7-4-5-8-16(14)18(15)9-6-10-21(3,19)20/h4-5,7-8,11,13,17H,6,9-10,12H2,1-3H3. The first-order valence-corrected chi connectivity index (χ1v) is 9.41. The molecule has 1 heterocycles. The summed E-state index contributed by atoms with van der Waals surface area (Å²) in [7, 11) is -2.90. The minimum Gasteiger partial charge on any atom is -0.343 e. The minimum absolute atomic E-state index is 0.233. The van der Waals surface area contributed by atoms with Crippen molar-refractivity contribution in [3.8, 4) is 0 Å². The zero-order valence-corrected chi connectivity index (χ0v) is 13.8. The number of rotatable bonds is 7. The van der Waals surface area contributed by atoms with Crippen LogP contribution in [0.5, 0.6) is 0 Å². The van der Waals surface area contributed by atoms with Gasteiger partial charge in [0, 0.05) is 36.6 Å². The molecule has 0 atom stereocenters. The van der Waals surface area contributed by atoms with Crippen molar-refractivity contribution >= 4 is 20.7 Å². The van der Waals surface area contributed by atoms with Gasteiger partial charge >= 0.3 is 0 Å². The molecule has 116 valence electrons. The lowest BCUT2D eigenvalue weighted by Crippen LogP contribution is -2.23. The van der Waals surface area contributed by atoms with Crippen LogP contribution < -0.4 is 5.32 Å². The fourth-order valence-electron chi connectivity index (χ4n) is 2.47. The summed E-state index contributed by atoms with van der Waals surface area (Å²) in [5.41, 5.74) is 2.38. The van der Waals surface area contributed by atoms with E-state index in [9.17, 15) is 8.42 Å². The molecular weight excluding hydrogens is 284 g/mol. The van der Waals surface area contributed by atoms with Crippen LogP contribution in [0.1, 0.15) is 26.0 Å². The summed E-state index contributed by atoms with van der Waals surface area (Å²) >= 11 is 0. The number of para-hydroxylation sites is 1. The minimum atomic E-state index is -2.90. The predicted molar refractivity (Wildman–Crippen MR) is 88.2 cm³/mol. The summed E-state index contributed by atoms with van der Waals surface area (Å²) in [5.74, 6) is 0.233. The van der Waals surface area contributed by atoms with Gasteiger partial charge in [-0.25, -0.2) is 8.42 Å². The van der Waals surface area contributed by atoms with Gasteiger partial charge in [0.1, 0.15) is 9.84 Å². The van der Waals surface area contributed by atoms with Crippen LogP contribution in [0.2, 0.25) is 0 Å². The third-order valence-corrected chi connectivity index (χ3v) is 4.51. The molecule has 0 aliphatic heterocycles. The van der Waals surface area contributed by atoms with Crippen LogP contribution in [0.25, 0.3) is 10.9 Å². The molecule has 0 aliphatic carbocycles. The zero-order valence-electron chi connectivity index (χ0n) is 13.0. The van der Waals surface area contributed by atoms with Gasteiger partial charge < -0.3 is 9.88 Å². The van der Waals surface area contributed by atoms with Crippen LogP contribution >= 0.6 is 0 Å². The molecule has 5 heteroatoms. The van der Waals surface area contributed by atoms with Crippen molar-refractivity contribution in [2.24, 2.45) is 0 Å². The first-order chi connectivity index (χ1) is 9.87. The average Bonchev–Trinajstić information content (AvgIpc) is 2.73. The number of nitrogens with one attached hydrogen (secondary N) is 1. The Kier molecular flexibility index (Phi) is 5.06. The topological polar surface area (TPSA) is 51.1 Å². The molecule has 1 N–H and O–H groups in total. The quantitative estimate of drug-likeness (QED) is 0.855. The highest BCUT2D eigenvalue weighted by molar-refractivity contribution is 7.90. The molecule has 2 aromatic rings. The van der Waals surface area contributed by atoms with Gasteiger partial charge in [0.25, 0.3) is 0 Å². The molecule has 0 bridgehead atoms. The molecule has 0 saturated heterocycles. The highest BCUT2D eigenvalue weighted by atomic mass is 32.2. The van der Waals surface area contributed by atoms with E-state index >= 15 is 0 Å². The molecule has 0 spiro atoms. The number of benzene rings is 1. The normalized spacial score (nSPS) is 12.4. The number of fused-ring (bicyclic) bond motifs is 1. The van der Waals surface area contributed by atoms with Gasteiger partial charge in [-0.15, -0.1) is 0 Å². The predicted octanol–water partition coefficient (Wildman–Crippen LogP) is 2.57. The summed E-state index contributed by atoms with van der Waals surface area (Å²) in [4.78, 5) is 0. The maximum atomic E-state index is 11.3. The smallest absolute Gasteiger partial charge is 0.147 e. The molecule has 4 nitrogen and oxygen atoms in total. The second kappa shape index (κ2) is 6.62. The van der Waals surface area contributed by atoms with E-state index in [0.29, 0.717) is 12.5 Å². The molecule has 2 rings (SSSR count). The average molecular weight is 308 g/mol. The van der Waals surface area contributed by atoms with Crippen molar-refractivity contribution < 1.29 is 8.42 Å². The largest absolute Gasteiger partial charge is 0.343 e. The molecule has 1 aromatic heterocycles. The Bertz CT molecular complexity index is 702. The fraction of sp³-hybridized carbons (Fsp3) is 0.500. The summed E-state index contributed by atoms with van der Waals surface area (Å²) in [6.45, 7) is 5.77. The van der Waals surface area contributed by atoms with E-state index in [0.717, 1.165) is 13.1 Å². The number of hydrogen-bond donors (Lipinski definition) is 1. The zero-order chi connectivity index (χ0) is 15.5. The summed E-state index contributed by atoms with van der Waals surface area (Å²) in [5, 5.41) is 4.64. The van der Waals surface area contributed by atoms with Gasteiger partial charge in [-0.2, -0.15) is 0 Å². The van der Waals surface area contributed by atoms with Crippen LogP contribution in [-0.4, -0.2) is 31.0 Å². The number of hydrogen-bond acceptors (Lipinski definition) is 3. The lowest BCUT2D eigenvalue weighted by Gasteiger charge is -2.13. The molecule has 0 radical (unpaired) electrons. The van der Waals surface area contributed by atoms with Crippen molar-refractivity contribution in [1.29, 1.82) is 0 Å². The monoisotopic (exact) mass is 308 g/mol. The Morgan fingerprint density at radius 1 is 1.24 bits per heavy atom. The van der Waals surface area contributed by atoms with Crippen LogP contribution in [0.3, 0.4) is 0 Å². The lowest BCUT2D eigenvalue weighted by atomic mass is 10.2. The van der Waals surface area contributed by atoms with Gasteiger partial charge in [-0.3, -0.25) is 0 Å². The number of aromatic nitrogens is 1. The Labute approximate surface area is 127 Å².